The van der Waals surface area contributed by atoms with Gasteiger partial charge in [-0.05, 0) is 30.2 Å². The first-order chi connectivity index (χ1) is 13.7. The topological polar surface area (TPSA) is 72.5 Å². The van der Waals surface area contributed by atoms with Crippen molar-refractivity contribution in [1.29, 1.82) is 0 Å². The largest absolute Gasteiger partial charge is 0.467 e. The number of rotatable bonds is 8. The summed E-state index contributed by atoms with van der Waals surface area (Å²) >= 11 is 0. The van der Waals surface area contributed by atoms with Crippen molar-refractivity contribution in [3.63, 3.8) is 0 Å². The minimum atomic E-state index is -4.51. The lowest BCUT2D eigenvalue weighted by Crippen LogP contribution is -2.43. The lowest BCUT2D eigenvalue weighted by atomic mass is 10.1. The van der Waals surface area contributed by atoms with Gasteiger partial charge >= 0.3 is 12.1 Å². The molecule has 0 saturated heterocycles. The van der Waals surface area contributed by atoms with E-state index in [9.17, 15) is 27.0 Å². The van der Waals surface area contributed by atoms with E-state index >= 15 is 0 Å². The minimum absolute atomic E-state index is 0.0580. The smallest absolute Gasteiger partial charge is 0.416 e. The molecule has 9 heteroatoms. The van der Waals surface area contributed by atoms with Gasteiger partial charge < -0.3 is 10.1 Å². The normalized spacial score (nSPS) is 13.4. The highest BCUT2D eigenvalue weighted by atomic mass is 32.2. The second-order valence-electron chi connectivity index (χ2n) is 6.17. The lowest BCUT2D eigenvalue weighted by molar-refractivity contribution is -0.145. The first-order valence-corrected chi connectivity index (χ1v) is 9.99. The summed E-state index contributed by atoms with van der Waals surface area (Å²) in [7, 11) is -0.217. The number of alkyl halides is 3. The fourth-order valence-electron chi connectivity index (χ4n) is 2.59. The molecule has 0 heterocycles. The Labute approximate surface area is 168 Å². The summed E-state index contributed by atoms with van der Waals surface area (Å²) in [6.45, 7) is 0. The van der Waals surface area contributed by atoms with Crippen molar-refractivity contribution in [2.24, 2.45) is 0 Å². The number of amides is 1. The van der Waals surface area contributed by atoms with Crippen LogP contribution in [0.3, 0.4) is 0 Å². The van der Waals surface area contributed by atoms with Gasteiger partial charge in [0.1, 0.15) is 6.04 Å². The molecule has 0 aliphatic rings. The number of nitrogens with one attached hydrogen (secondary N) is 1. The Hall–Kier alpha value is -2.68. The summed E-state index contributed by atoms with van der Waals surface area (Å²) in [5, 5.41) is 2.45. The molecule has 0 unspecified atom stereocenters. The molecule has 156 valence electrons. The molecule has 2 aromatic carbocycles. The zero-order valence-electron chi connectivity index (χ0n) is 15.6. The molecule has 1 N–H and O–H groups in total. The van der Waals surface area contributed by atoms with E-state index in [1.54, 1.807) is 30.3 Å². The van der Waals surface area contributed by atoms with Gasteiger partial charge in [-0.15, -0.1) is 0 Å². The van der Waals surface area contributed by atoms with E-state index in [-0.39, 0.29) is 24.2 Å². The van der Waals surface area contributed by atoms with Crippen LogP contribution >= 0.6 is 0 Å². The average Bonchev–Trinajstić information content (AvgIpc) is 2.70. The van der Waals surface area contributed by atoms with E-state index in [2.05, 4.69) is 10.1 Å². The van der Waals surface area contributed by atoms with Gasteiger partial charge in [0.2, 0.25) is 5.91 Å². The number of methoxy groups -OCH3 is 1. The third-order valence-electron chi connectivity index (χ3n) is 4.04. The lowest BCUT2D eigenvalue weighted by Gasteiger charge is -2.16. The molecule has 0 aliphatic carbocycles. The van der Waals surface area contributed by atoms with Crippen molar-refractivity contribution in [3.05, 3.63) is 65.7 Å². The standard InChI is InChI=1S/C20H20F3NO4S/c1-28-19(26)17(10-11-29(27)16-8-3-2-4-9-16)24-18(25)13-14-6-5-7-15(12-14)20(21,22)23/h2-9,12,17H,10-11,13H2,1H3,(H,24,25)/t17-,29+/m1/s1. The van der Waals surface area contributed by atoms with E-state index in [1.807, 2.05) is 0 Å². The fraction of sp³-hybridized carbons (Fsp3) is 0.300. The van der Waals surface area contributed by atoms with Crippen LogP contribution in [0.15, 0.2) is 59.5 Å². The van der Waals surface area contributed by atoms with Crippen LogP contribution in [0.1, 0.15) is 17.5 Å². The molecule has 0 fully saturated rings. The van der Waals surface area contributed by atoms with Crippen molar-refractivity contribution < 1.29 is 31.7 Å². The maximum Gasteiger partial charge on any atom is 0.416 e. The molecular weight excluding hydrogens is 407 g/mol. The number of hydrogen-bond acceptors (Lipinski definition) is 4. The number of carbonyl (C=O) groups is 2. The summed E-state index contributed by atoms with van der Waals surface area (Å²) in [5.41, 5.74) is -0.695. The second-order valence-corrected chi connectivity index (χ2v) is 7.74. The Bertz CT molecular complexity index is 872. The predicted molar refractivity (Wildman–Crippen MR) is 101 cm³/mol. The molecular formula is C20H20F3NO4S. The maximum atomic E-state index is 12.8. The molecule has 29 heavy (non-hydrogen) atoms. The van der Waals surface area contributed by atoms with E-state index in [0.717, 1.165) is 19.2 Å². The van der Waals surface area contributed by atoms with Gasteiger partial charge in [0.25, 0.3) is 0 Å². The summed E-state index contributed by atoms with van der Waals surface area (Å²) < 4.78 is 55.3. The monoisotopic (exact) mass is 427 g/mol. The number of esters is 1. The number of carbonyl (C=O) groups excluding carboxylic acids is 2. The highest BCUT2D eigenvalue weighted by molar-refractivity contribution is 7.85. The molecule has 0 aromatic heterocycles. The first kappa shape index (κ1) is 22.6. The molecule has 0 saturated carbocycles. The fourth-order valence-corrected chi connectivity index (χ4v) is 3.74. The van der Waals surface area contributed by atoms with Gasteiger partial charge in [0, 0.05) is 10.6 Å². The summed E-state index contributed by atoms with van der Waals surface area (Å²) in [4.78, 5) is 24.8. The van der Waals surface area contributed by atoms with E-state index in [1.165, 1.54) is 12.1 Å². The highest BCUT2D eigenvalue weighted by Crippen LogP contribution is 2.29. The van der Waals surface area contributed by atoms with Crippen molar-refractivity contribution >= 4 is 22.7 Å². The van der Waals surface area contributed by atoms with Gasteiger partial charge in [-0.1, -0.05) is 36.4 Å². The van der Waals surface area contributed by atoms with Gasteiger partial charge in [0.05, 0.1) is 29.9 Å². The van der Waals surface area contributed by atoms with Crippen LogP contribution in [-0.2, 0) is 37.7 Å². The Morgan fingerprint density at radius 3 is 2.41 bits per heavy atom. The average molecular weight is 427 g/mol. The van der Waals surface area contributed by atoms with Crippen molar-refractivity contribution in [2.45, 2.75) is 30.0 Å². The number of halogens is 3. The first-order valence-electron chi connectivity index (χ1n) is 8.67. The minimum Gasteiger partial charge on any atom is -0.467 e. The molecule has 1 amide bonds. The van der Waals surface area contributed by atoms with Crippen LogP contribution in [0.25, 0.3) is 0 Å². The van der Waals surface area contributed by atoms with E-state index in [0.29, 0.717) is 4.90 Å². The Balaban J connectivity index is 2.00. The van der Waals surface area contributed by atoms with Crippen LogP contribution < -0.4 is 5.32 Å². The van der Waals surface area contributed by atoms with Gasteiger partial charge in [0.15, 0.2) is 0 Å². The molecule has 0 aliphatic heterocycles. The Kier molecular flexibility index (Phi) is 7.95. The third kappa shape index (κ3) is 7.01. The zero-order chi connectivity index (χ0) is 21.4. The molecule has 2 aromatic rings. The van der Waals surface area contributed by atoms with Crippen LogP contribution in [0, 0.1) is 0 Å². The van der Waals surface area contributed by atoms with Gasteiger partial charge in [-0.2, -0.15) is 13.2 Å². The molecule has 2 atom stereocenters. The highest BCUT2D eigenvalue weighted by Gasteiger charge is 2.30. The molecule has 5 nitrogen and oxygen atoms in total. The van der Waals surface area contributed by atoms with Crippen molar-refractivity contribution in [1.82, 2.24) is 5.32 Å². The number of benzene rings is 2. The summed E-state index contributed by atoms with van der Waals surface area (Å²) in [6, 6.07) is 12.0. The number of ether oxygens (including phenoxy) is 1. The van der Waals surface area contributed by atoms with E-state index in [4.69, 9.17) is 0 Å². The molecule has 0 spiro atoms. The SMILES string of the molecule is COC(=O)[C@@H](CC[S@](=O)c1ccccc1)NC(=O)Cc1cccc(C(F)(F)F)c1. The van der Waals surface area contributed by atoms with Crippen LogP contribution in [0.4, 0.5) is 13.2 Å². The third-order valence-corrected chi connectivity index (χ3v) is 5.44. The second kappa shape index (κ2) is 10.2. The number of hydrogen-bond donors (Lipinski definition) is 1. The molecule has 2 rings (SSSR count). The van der Waals surface area contributed by atoms with Crippen LogP contribution in [0.2, 0.25) is 0 Å². The quantitative estimate of drug-likeness (QED) is 0.657. The van der Waals surface area contributed by atoms with Crippen LogP contribution in [-0.4, -0.2) is 35.0 Å². The van der Waals surface area contributed by atoms with E-state index < -0.39 is 40.5 Å². The van der Waals surface area contributed by atoms with Gasteiger partial charge in [-0.25, -0.2) is 4.79 Å². The molecule has 0 radical (unpaired) electrons. The van der Waals surface area contributed by atoms with Gasteiger partial charge in [-0.3, -0.25) is 9.00 Å². The summed E-state index contributed by atoms with van der Waals surface area (Å²) in [5.74, 6) is -1.24. The van der Waals surface area contributed by atoms with Crippen molar-refractivity contribution in [3.8, 4) is 0 Å². The summed E-state index contributed by atoms with van der Waals surface area (Å²) in [6.07, 6.45) is -4.79. The van der Waals surface area contributed by atoms with Crippen molar-refractivity contribution in [2.75, 3.05) is 12.9 Å². The van der Waals surface area contributed by atoms with Crippen LogP contribution in [0.5, 0.6) is 0 Å². The molecule has 0 bridgehead atoms. The Morgan fingerprint density at radius 1 is 1.10 bits per heavy atom. The maximum absolute atomic E-state index is 12.8. The zero-order valence-corrected chi connectivity index (χ0v) is 16.4. The Morgan fingerprint density at radius 2 is 1.79 bits per heavy atom. The predicted octanol–water partition coefficient (Wildman–Crippen LogP) is 3.10.